The lowest BCUT2D eigenvalue weighted by Gasteiger charge is -2.03. The summed E-state index contributed by atoms with van der Waals surface area (Å²) in [4.78, 5) is 24.0. The molecule has 98 valence electrons. The van der Waals surface area contributed by atoms with E-state index in [9.17, 15) is 9.59 Å². The highest BCUT2D eigenvalue weighted by atomic mass is 16.5. The van der Waals surface area contributed by atoms with Crippen LogP contribution in [0, 0.1) is 11.8 Å². The van der Waals surface area contributed by atoms with E-state index in [1.54, 1.807) is 24.3 Å². The number of carbonyl (C=O) groups excluding carboxylic acids is 1. The zero-order chi connectivity index (χ0) is 13.4. The molecule has 1 fully saturated rings. The summed E-state index contributed by atoms with van der Waals surface area (Å²) >= 11 is 0. The normalized spacial score (nSPS) is 21.3. The van der Waals surface area contributed by atoms with Gasteiger partial charge in [-0.2, -0.15) is 5.10 Å². The van der Waals surface area contributed by atoms with Crippen LogP contribution in [0.3, 0.4) is 0 Å². The Morgan fingerprint density at radius 1 is 1.47 bits per heavy atom. The van der Waals surface area contributed by atoms with Gasteiger partial charge in [-0.25, -0.2) is 4.79 Å². The average Bonchev–Trinajstić information content (AvgIpc) is 3.13. The molecule has 3 rings (SSSR count). The van der Waals surface area contributed by atoms with Gasteiger partial charge in [0.25, 0.3) is 0 Å². The molecule has 1 heterocycles. The van der Waals surface area contributed by atoms with Crippen molar-refractivity contribution < 1.29 is 9.53 Å². The number of H-pyrrole nitrogens is 1. The van der Waals surface area contributed by atoms with Crippen LogP contribution in [-0.2, 0) is 4.74 Å². The molecular formula is C14H14N2O3. The van der Waals surface area contributed by atoms with Crippen LogP contribution in [0.2, 0.25) is 0 Å². The number of aromatic amines is 1. The number of para-hydroxylation sites is 1. The molecule has 19 heavy (non-hydrogen) atoms. The molecule has 1 aliphatic rings. The topological polar surface area (TPSA) is 72.0 Å². The minimum Gasteiger partial charge on any atom is -0.461 e. The van der Waals surface area contributed by atoms with E-state index in [4.69, 9.17) is 4.74 Å². The number of benzene rings is 1. The molecule has 1 aromatic carbocycles. The summed E-state index contributed by atoms with van der Waals surface area (Å²) in [5.74, 6) is 0.394. The molecule has 1 aliphatic carbocycles. The zero-order valence-corrected chi connectivity index (χ0v) is 10.6. The Labute approximate surface area is 109 Å². The molecule has 2 unspecified atom stereocenters. The van der Waals surface area contributed by atoms with Gasteiger partial charge in [-0.1, -0.05) is 19.1 Å². The van der Waals surface area contributed by atoms with Gasteiger partial charge in [0.2, 0.25) is 11.1 Å². The molecule has 0 spiro atoms. The monoisotopic (exact) mass is 258 g/mol. The Morgan fingerprint density at radius 3 is 2.95 bits per heavy atom. The van der Waals surface area contributed by atoms with E-state index in [1.165, 1.54) is 0 Å². The molecule has 0 amide bonds. The summed E-state index contributed by atoms with van der Waals surface area (Å²) in [7, 11) is 0. The predicted octanol–water partition coefficient (Wildman–Crippen LogP) is 1.74. The Hall–Kier alpha value is -2.17. The van der Waals surface area contributed by atoms with Crippen molar-refractivity contribution in [2.75, 3.05) is 6.61 Å². The van der Waals surface area contributed by atoms with Crippen molar-refractivity contribution in [2.45, 2.75) is 13.3 Å². The van der Waals surface area contributed by atoms with E-state index in [0.29, 0.717) is 29.3 Å². The summed E-state index contributed by atoms with van der Waals surface area (Å²) in [6.45, 7) is 2.48. The maximum Gasteiger partial charge on any atom is 0.362 e. The number of hydrogen-bond donors (Lipinski definition) is 1. The van der Waals surface area contributed by atoms with Crippen LogP contribution < -0.4 is 5.43 Å². The van der Waals surface area contributed by atoms with Gasteiger partial charge in [0, 0.05) is 5.39 Å². The van der Waals surface area contributed by atoms with Gasteiger partial charge in [0.15, 0.2) is 0 Å². The summed E-state index contributed by atoms with van der Waals surface area (Å²) in [5, 5.41) is 6.96. The van der Waals surface area contributed by atoms with Crippen LogP contribution in [0.5, 0.6) is 0 Å². The quantitative estimate of drug-likeness (QED) is 0.851. The molecule has 2 aromatic rings. The third-order valence-corrected chi connectivity index (χ3v) is 3.57. The smallest absolute Gasteiger partial charge is 0.362 e. The number of esters is 1. The molecule has 5 nitrogen and oxygen atoms in total. The molecule has 0 aliphatic heterocycles. The Bertz CT molecular complexity index is 692. The number of nitrogens with zero attached hydrogens (tertiary/aromatic N) is 1. The van der Waals surface area contributed by atoms with Crippen molar-refractivity contribution in [3.05, 3.63) is 40.2 Å². The lowest BCUT2D eigenvalue weighted by atomic mass is 10.2. The number of fused-ring (bicyclic) bond motifs is 1. The first-order valence-corrected chi connectivity index (χ1v) is 6.31. The largest absolute Gasteiger partial charge is 0.461 e. The molecule has 0 saturated heterocycles. The van der Waals surface area contributed by atoms with Gasteiger partial charge in [-0.15, -0.1) is 0 Å². The van der Waals surface area contributed by atoms with Gasteiger partial charge in [-0.05, 0) is 30.4 Å². The number of rotatable bonds is 3. The Morgan fingerprint density at radius 2 is 2.21 bits per heavy atom. The first-order valence-electron chi connectivity index (χ1n) is 6.31. The van der Waals surface area contributed by atoms with Crippen molar-refractivity contribution in [2.24, 2.45) is 11.8 Å². The first-order chi connectivity index (χ1) is 9.16. The maximum absolute atomic E-state index is 12.1. The molecule has 0 radical (unpaired) electrons. The molecule has 1 N–H and O–H groups in total. The average molecular weight is 258 g/mol. The number of nitrogens with one attached hydrogen (secondary N) is 1. The summed E-state index contributed by atoms with van der Waals surface area (Å²) in [6, 6.07) is 6.95. The molecule has 0 bridgehead atoms. The van der Waals surface area contributed by atoms with Gasteiger partial charge < -0.3 is 4.74 Å². The minimum atomic E-state index is -0.647. The van der Waals surface area contributed by atoms with Crippen LogP contribution >= 0.6 is 0 Å². The second-order valence-electron chi connectivity index (χ2n) is 5.02. The van der Waals surface area contributed by atoms with Gasteiger partial charge in [0.1, 0.15) is 0 Å². The third kappa shape index (κ3) is 2.23. The minimum absolute atomic E-state index is 0.174. The summed E-state index contributed by atoms with van der Waals surface area (Å²) in [5.41, 5.74) is 0.0510. The summed E-state index contributed by atoms with van der Waals surface area (Å²) < 4.78 is 5.13. The lowest BCUT2D eigenvalue weighted by molar-refractivity contribution is 0.0472. The van der Waals surface area contributed by atoms with Crippen LogP contribution in [0.1, 0.15) is 23.8 Å². The van der Waals surface area contributed by atoms with E-state index < -0.39 is 5.97 Å². The second-order valence-corrected chi connectivity index (χ2v) is 5.02. The maximum atomic E-state index is 12.1. The van der Waals surface area contributed by atoms with E-state index in [2.05, 4.69) is 17.1 Å². The van der Waals surface area contributed by atoms with E-state index in [-0.39, 0.29) is 11.1 Å². The zero-order valence-electron chi connectivity index (χ0n) is 10.6. The molecule has 2 atom stereocenters. The fourth-order valence-electron chi connectivity index (χ4n) is 2.09. The van der Waals surface area contributed by atoms with Crippen LogP contribution in [-0.4, -0.2) is 22.8 Å². The molecule has 1 saturated carbocycles. The number of hydrogen-bond acceptors (Lipinski definition) is 4. The third-order valence-electron chi connectivity index (χ3n) is 3.57. The van der Waals surface area contributed by atoms with Gasteiger partial charge in [0.05, 0.1) is 12.1 Å². The predicted molar refractivity (Wildman–Crippen MR) is 69.9 cm³/mol. The number of carbonyl (C=O) groups is 1. The summed E-state index contributed by atoms with van der Waals surface area (Å²) in [6.07, 6.45) is 1.08. The number of ether oxygens (including phenoxy) is 1. The highest BCUT2D eigenvalue weighted by Crippen LogP contribution is 2.37. The van der Waals surface area contributed by atoms with Crippen molar-refractivity contribution in [1.82, 2.24) is 10.2 Å². The Balaban J connectivity index is 1.85. The van der Waals surface area contributed by atoms with Crippen LogP contribution in [0.15, 0.2) is 29.1 Å². The highest BCUT2D eigenvalue weighted by molar-refractivity contribution is 5.91. The standard InChI is InChI=1S/C14H14N2O3/c1-8-6-9(8)7-19-14(18)12-13(17)10-4-2-3-5-11(10)15-16-12/h2-5,8-9H,6-7H2,1H3,(H,15,17). The van der Waals surface area contributed by atoms with Crippen LogP contribution in [0.25, 0.3) is 10.9 Å². The lowest BCUT2D eigenvalue weighted by Crippen LogP contribution is -2.21. The fraction of sp³-hybridized carbons (Fsp3) is 0.357. The van der Waals surface area contributed by atoms with Crippen molar-refractivity contribution >= 4 is 16.9 Å². The van der Waals surface area contributed by atoms with Crippen molar-refractivity contribution in [3.63, 3.8) is 0 Å². The second kappa shape index (κ2) is 4.50. The molecule has 5 heteroatoms. The van der Waals surface area contributed by atoms with Crippen molar-refractivity contribution in [1.29, 1.82) is 0 Å². The van der Waals surface area contributed by atoms with E-state index in [0.717, 1.165) is 6.42 Å². The molecular weight excluding hydrogens is 244 g/mol. The van der Waals surface area contributed by atoms with Gasteiger partial charge in [-0.3, -0.25) is 9.89 Å². The Kier molecular flexibility index (Phi) is 2.81. The van der Waals surface area contributed by atoms with Crippen LogP contribution in [0.4, 0.5) is 0 Å². The van der Waals surface area contributed by atoms with E-state index in [1.807, 2.05) is 0 Å². The van der Waals surface area contributed by atoms with Crippen molar-refractivity contribution in [3.8, 4) is 0 Å². The van der Waals surface area contributed by atoms with Gasteiger partial charge >= 0.3 is 5.97 Å². The highest BCUT2D eigenvalue weighted by Gasteiger charge is 2.34. The molecule has 1 aromatic heterocycles. The number of aromatic nitrogens is 2. The first kappa shape index (κ1) is 11.9. The SMILES string of the molecule is CC1CC1COC(=O)c1n[nH]c2ccccc2c1=O. The van der Waals surface area contributed by atoms with E-state index >= 15 is 0 Å². The fourth-order valence-corrected chi connectivity index (χ4v) is 2.09.